The first kappa shape index (κ1) is 18.2. The van der Waals surface area contributed by atoms with Crippen molar-refractivity contribution in [3.05, 3.63) is 41.2 Å². The number of carbonyl (C=O) groups is 1. The molecule has 3 heterocycles. The van der Waals surface area contributed by atoms with E-state index in [1.807, 2.05) is 17.5 Å². The Morgan fingerprint density at radius 3 is 2.67 bits per heavy atom. The van der Waals surface area contributed by atoms with Crippen LogP contribution >= 0.6 is 11.3 Å². The summed E-state index contributed by atoms with van der Waals surface area (Å²) >= 11 is 1.50. The highest BCUT2D eigenvalue weighted by Gasteiger charge is 2.22. The second kappa shape index (κ2) is 8.22. The molecular formula is C19H23FN4O2S. The maximum absolute atomic E-state index is 13.1. The Morgan fingerprint density at radius 1 is 1.22 bits per heavy atom. The summed E-state index contributed by atoms with van der Waals surface area (Å²) in [7, 11) is 0. The largest absolute Gasteiger partial charge is 0.376 e. The van der Waals surface area contributed by atoms with E-state index in [-0.39, 0.29) is 17.8 Å². The standard InChI is InChI=1S/C19H23FN4O2S/c20-14-3-5-15(6-4-14)23-7-9-24(10-8-23)19-22-17(13-27-19)18(25)21-12-16-2-1-11-26-16/h3-6,13,16H,1-2,7-12H2,(H,21,25)/t16-/m1/s1. The maximum Gasteiger partial charge on any atom is 0.270 e. The van der Waals surface area contributed by atoms with Crippen LogP contribution < -0.4 is 15.1 Å². The number of amides is 1. The monoisotopic (exact) mass is 390 g/mol. The molecule has 2 saturated heterocycles. The lowest BCUT2D eigenvalue weighted by molar-refractivity contribution is 0.0854. The number of aromatic nitrogens is 1. The third kappa shape index (κ3) is 4.39. The molecule has 2 fully saturated rings. The Balaban J connectivity index is 1.30. The van der Waals surface area contributed by atoms with Gasteiger partial charge in [-0.05, 0) is 37.1 Å². The number of ether oxygens (including phenoxy) is 1. The molecule has 2 aromatic rings. The van der Waals surface area contributed by atoms with Gasteiger partial charge in [0.2, 0.25) is 0 Å². The molecule has 2 aliphatic rings. The van der Waals surface area contributed by atoms with Crippen LogP contribution in [0.2, 0.25) is 0 Å². The van der Waals surface area contributed by atoms with Crippen molar-refractivity contribution in [1.29, 1.82) is 0 Å². The molecular weight excluding hydrogens is 367 g/mol. The number of piperazine rings is 1. The van der Waals surface area contributed by atoms with Crippen molar-refractivity contribution in [2.75, 3.05) is 49.1 Å². The van der Waals surface area contributed by atoms with Crippen LogP contribution in [0.3, 0.4) is 0 Å². The lowest BCUT2D eigenvalue weighted by atomic mass is 10.2. The number of hydrogen-bond donors (Lipinski definition) is 1. The van der Waals surface area contributed by atoms with Crippen LogP contribution in [-0.2, 0) is 4.74 Å². The molecule has 0 radical (unpaired) electrons. The zero-order valence-corrected chi connectivity index (χ0v) is 15.9. The fraction of sp³-hybridized carbons (Fsp3) is 0.474. The highest BCUT2D eigenvalue weighted by molar-refractivity contribution is 7.13. The van der Waals surface area contributed by atoms with Gasteiger partial charge in [-0.1, -0.05) is 0 Å². The van der Waals surface area contributed by atoms with E-state index in [1.165, 1.54) is 23.5 Å². The van der Waals surface area contributed by atoms with Crippen molar-refractivity contribution in [3.8, 4) is 0 Å². The van der Waals surface area contributed by atoms with Gasteiger partial charge in [0.05, 0.1) is 6.10 Å². The van der Waals surface area contributed by atoms with Gasteiger partial charge < -0.3 is 19.9 Å². The molecule has 0 aliphatic carbocycles. The van der Waals surface area contributed by atoms with E-state index >= 15 is 0 Å². The van der Waals surface area contributed by atoms with Gasteiger partial charge in [0.15, 0.2) is 5.13 Å². The summed E-state index contributed by atoms with van der Waals surface area (Å²) in [4.78, 5) is 21.2. The van der Waals surface area contributed by atoms with E-state index in [1.54, 1.807) is 0 Å². The van der Waals surface area contributed by atoms with Crippen molar-refractivity contribution < 1.29 is 13.9 Å². The van der Waals surface area contributed by atoms with Crippen LogP contribution in [0.1, 0.15) is 23.3 Å². The van der Waals surface area contributed by atoms with E-state index < -0.39 is 0 Å². The van der Waals surface area contributed by atoms with Gasteiger partial charge in [-0.15, -0.1) is 11.3 Å². The van der Waals surface area contributed by atoms with Crippen molar-refractivity contribution in [2.24, 2.45) is 0 Å². The quantitative estimate of drug-likeness (QED) is 0.850. The Labute approximate surface area is 161 Å². The fourth-order valence-electron chi connectivity index (χ4n) is 3.42. The van der Waals surface area contributed by atoms with Crippen molar-refractivity contribution >= 4 is 28.1 Å². The summed E-state index contributed by atoms with van der Waals surface area (Å²) in [6.45, 7) is 4.65. The molecule has 144 valence electrons. The number of benzene rings is 1. The predicted molar refractivity (Wildman–Crippen MR) is 104 cm³/mol. The Morgan fingerprint density at radius 2 is 1.96 bits per heavy atom. The Kier molecular flexibility index (Phi) is 5.54. The van der Waals surface area contributed by atoms with Gasteiger partial charge in [0.25, 0.3) is 5.91 Å². The maximum atomic E-state index is 13.1. The molecule has 1 aromatic carbocycles. The lowest BCUT2D eigenvalue weighted by Crippen LogP contribution is -2.46. The zero-order valence-electron chi connectivity index (χ0n) is 15.1. The minimum Gasteiger partial charge on any atom is -0.376 e. The van der Waals surface area contributed by atoms with Crippen molar-refractivity contribution in [1.82, 2.24) is 10.3 Å². The molecule has 8 heteroatoms. The van der Waals surface area contributed by atoms with Crippen LogP contribution in [0, 0.1) is 5.82 Å². The molecule has 0 unspecified atom stereocenters. The molecule has 0 saturated carbocycles. The second-order valence-electron chi connectivity index (χ2n) is 6.81. The van der Waals surface area contributed by atoms with Gasteiger partial charge >= 0.3 is 0 Å². The number of thiazole rings is 1. The minimum atomic E-state index is -0.217. The average molecular weight is 390 g/mol. The fourth-order valence-corrected chi connectivity index (χ4v) is 4.28. The van der Waals surface area contributed by atoms with E-state index in [0.717, 1.165) is 56.4 Å². The minimum absolute atomic E-state index is 0.131. The summed E-state index contributed by atoms with van der Waals surface area (Å²) < 4.78 is 18.6. The predicted octanol–water partition coefficient (Wildman–Crippen LogP) is 2.52. The van der Waals surface area contributed by atoms with Crippen LogP contribution in [-0.4, -0.2) is 56.3 Å². The first-order valence-corrected chi connectivity index (χ1v) is 10.2. The van der Waals surface area contributed by atoms with E-state index in [2.05, 4.69) is 20.1 Å². The van der Waals surface area contributed by atoms with Crippen LogP contribution in [0.15, 0.2) is 29.6 Å². The first-order chi connectivity index (χ1) is 13.2. The van der Waals surface area contributed by atoms with Gasteiger partial charge in [-0.2, -0.15) is 0 Å². The highest BCUT2D eigenvalue weighted by Crippen LogP contribution is 2.24. The van der Waals surface area contributed by atoms with Gasteiger partial charge in [0, 0.05) is 50.4 Å². The van der Waals surface area contributed by atoms with E-state index in [4.69, 9.17) is 4.74 Å². The molecule has 0 spiro atoms. The zero-order chi connectivity index (χ0) is 18.6. The molecule has 4 rings (SSSR count). The van der Waals surface area contributed by atoms with Crippen molar-refractivity contribution in [2.45, 2.75) is 18.9 Å². The number of carbonyl (C=O) groups excluding carboxylic acids is 1. The molecule has 27 heavy (non-hydrogen) atoms. The van der Waals surface area contributed by atoms with Crippen LogP contribution in [0.5, 0.6) is 0 Å². The Bertz CT molecular complexity index is 768. The van der Waals surface area contributed by atoms with Crippen LogP contribution in [0.25, 0.3) is 0 Å². The highest BCUT2D eigenvalue weighted by atomic mass is 32.1. The van der Waals surface area contributed by atoms with Gasteiger partial charge in [0.1, 0.15) is 11.5 Å². The summed E-state index contributed by atoms with van der Waals surface area (Å²) in [5.74, 6) is -0.358. The number of halogens is 1. The normalized spacial score (nSPS) is 20.1. The number of rotatable bonds is 5. The first-order valence-electron chi connectivity index (χ1n) is 9.30. The molecule has 1 N–H and O–H groups in total. The number of anilines is 2. The molecule has 1 atom stereocenters. The third-order valence-electron chi connectivity index (χ3n) is 4.98. The third-order valence-corrected chi connectivity index (χ3v) is 5.88. The van der Waals surface area contributed by atoms with Gasteiger partial charge in [-0.25, -0.2) is 9.37 Å². The lowest BCUT2D eigenvalue weighted by Gasteiger charge is -2.36. The van der Waals surface area contributed by atoms with Gasteiger partial charge in [-0.3, -0.25) is 4.79 Å². The Hall–Kier alpha value is -2.19. The second-order valence-corrected chi connectivity index (χ2v) is 7.65. The summed E-state index contributed by atoms with van der Waals surface area (Å²) in [5.41, 5.74) is 1.50. The summed E-state index contributed by atoms with van der Waals surface area (Å²) in [6, 6.07) is 6.60. The van der Waals surface area contributed by atoms with Crippen LogP contribution in [0.4, 0.5) is 15.2 Å². The van der Waals surface area contributed by atoms with Crippen molar-refractivity contribution in [3.63, 3.8) is 0 Å². The molecule has 0 bridgehead atoms. The smallest absolute Gasteiger partial charge is 0.270 e. The number of nitrogens with zero attached hydrogens (tertiary/aromatic N) is 3. The number of nitrogens with one attached hydrogen (secondary N) is 1. The summed E-state index contributed by atoms with van der Waals surface area (Å²) in [5, 5.41) is 5.60. The molecule has 1 amide bonds. The molecule has 2 aliphatic heterocycles. The average Bonchev–Trinajstić information content (AvgIpc) is 3.39. The molecule has 6 nitrogen and oxygen atoms in total. The number of hydrogen-bond acceptors (Lipinski definition) is 6. The SMILES string of the molecule is O=C(NC[C@H]1CCCO1)c1csc(N2CCN(c3ccc(F)cc3)CC2)n1. The van der Waals surface area contributed by atoms with E-state index in [0.29, 0.717) is 12.2 Å². The molecule has 1 aromatic heterocycles. The topological polar surface area (TPSA) is 57.7 Å². The van der Waals surface area contributed by atoms with E-state index in [9.17, 15) is 9.18 Å². The summed E-state index contributed by atoms with van der Waals surface area (Å²) in [6.07, 6.45) is 2.19.